The highest BCUT2D eigenvalue weighted by Gasteiger charge is 2.13. The third-order valence-electron chi connectivity index (χ3n) is 2.50. The van der Waals surface area contributed by atoms with Gasteiger partial charge in [-0.1, -0.05) is 0 Å². The SMILES string of the molecule is Cc1ccc(C(C)NC(=O)c2ccc(Br)cn2)s1. The quantitative estimate of drug-likeness (QED) is 0.935. The molecule has 1 unspecified atom stereocenters. The molecule has 0 aliphatic heterocycles. The number of aryl methyl sites for hydroxylation is 1. The highest BCUT2D eigenvalue weighted by Crippen LogP contribution is 2.22. The van der Waals surface area contributed by atoms with Gasteiger partial charge in [-0.2, -0.15) is 0 Å². The lowest BCUT2D eigenvalue weighted by Gasteiger charge is -2.11. The molecule has 1 N–H and O–H groups in total. The zero-order valence-corrected chi connectivity index (χ0v) is 12.5. The Morgan fingerprint density at radius 2 is 2.17 bits per heavy atom. The fourth-order valence-electron chi connectivity index (χ4n) is 1.54. The number of carbonyl (C=O) groups is 1. The molecule has 0 aliphatic carbocycles. The van der Waals surface area contributed by atoms with Crippen molar-refractivity contribution >= 4 is 33.2 Å². The van der Waals surface area contributed by atoms with Crippen LogP contribution in [0.3, 0.4) is 0 Å². The lowest BCUT2D eigenvalue weighted by Crippen LogP contribution is -2.26. The normalized spacial score (nSPS) is 12.2. The number of rotatable bonds is 3. The van der Waals surface area contributed by atoms with Gasteiger partial charge in [-0.15, -0.1) is 11.3 Å². The minimum Gasteiger partial charge on any atom is -0.343 e. The van der Waals surface area contributed by atoms with Gasteiger partial charge in [-0.05, 0) is 54.0 Å². The van der Waals surface area contributed by atoms with E-state index in [1.807, 2.05) is 19.1 Å². The number of nitrogens with zero attached hydrogens (tertiary/aromatic N) is 1. The third-order valence-corrected chi connectivity index (χ3v) is 4.15. The van der Waals surface area contributed by atoms with Crippen LogP contribution in [0, 0.1) is 6.92 Å². The van der Waals surface area contributed by atoms with E-state index in [0.717, 1.165) is 9.35 Å². The maximum atomic E-state index is 12.0. The largest absolute Gasteiger partial charge is 0.343 e. The molecule has 0 aliphatic rings. The van der Waals surface area contributed by atoms with Crippen LogP contribution in [-0.4, -0.2) is 10.9 Å². The van der Waals surface area contributed by atoms with Crippen LogP contribution in [0.1, 0.15) is 33.2 Å². The first-order valence-corrected chi connectivity index (χ1v) is 7.16. The Morgan fingerprint density at radius 3 is 2.72 bits per heavy atom. The summed E-state index contributed by atoms with van der Waals surface area (Å²) >= 11 is 4.99. The molecular formula is C13H13BrN2OS. The molecule has 5 heteroatoms. The summed E-state index contributed by atoms with van der Waals surface area (Å²) in [6.45, 7) is 4.03. The smallest absolute Gasteiger partial charge is 0.270 e. The van der Waals surface area contributed by atoms with Crippen LogP contribution in [0.15, 0.2) is 34.9 Å². The van der Waals surface area contributed by atoms with Gasteiger partial charge in [0, 0.05) is 20.4 Å². The number of carbonyl (C=O) groups excluding carboxylic acids is 1. The molecule has 0 aromatic carbocycles. The third kappa shape index (κ3) is 3.17. The van der Waals surface area contributed by atoms with Gasteiger partial charge >= 0.3 is 0 Å². The van der Waals surface area contributed by atoms with Gasteiger partial charge in [0.2, 0.25) is 0 Å². The highest BCUT2D eigenvalue weighted by molar-refractivity contribution is 9.10. The second kappa shape index (κ2) is 5.63. The molecule has 0 spiro atoms. The minimum atomic E-state index is -0.152. The predicted octanol–water partition coefficient (Wildman–Crippen LogP) is 3.71. The first kappa shape index (κ1) is 13.2. The second-order valence-corrected chi connectivity index (χ2v) is 6.24. The van der Waals surface area contributed by atoms with Crippen LogP contribution in [0.25, 0.3) is 0 Å². The van der Waals surface area contributed by atoms with Crippen LogP contribution in [0.4, 0.5) is 0 Å². The summed E-state index contributed by atoms with van der Waals surface area (Å²) in [6, 6.07) is 7.61. The molecule has 0 fully saturated rings. The second-order valence-electron chi connectivity index (χ2n) is 4.01. The van der Waals surface area contributed by atoms with Crippen molar-refractivity contribution in [1.29, 1.82) is 0 Å². The Labute approximate surface area is 118 Å². The van der Waals surface area contributed by atoms with E-state index in [1.54, 1.807) is 23.6 Å². The van der Waals surface area contributed by atoms with Crippen LogP contribution in [0.5, 0.6) is 0 Å². The molecule has 2 aromatic heterocycles. The Bertz CT molecular complexity index is 550. The molecule has 0 saturated heterocycles. The lowest BCUT2D eigenvalue weighted by molar-refractivity contribution is 0.0935. The molecule has 0 bridgehead atoms. The van der Waals surface area contributed by atoms with E-state index < -0.39 is 0 Å². The molecule has 1 amide bonds. The molecular weight excluding hydrogens is 312 g/mol. The summed E-state index contributed by atoms with van der Waals surface area (Å²) in [5, 5.41) is 2.94. The van der Waals surface area contributed by atoms with Crippen LogP contribution in [0.2, 0.25) is 0 Å². The standard InChI is InChI=1S/C13H13BrN2OS/c1-8-3-6-12(18-8)9(2)16-13(17)11-5-4-10(14)7-15-11/h3-7,9H,1-2H3,(H,16,17). The van der Waals surface area contributed by atoms with Crippen molar-refractivity contribution in [2.24, 2.45) is 0 Å². The summed E-state index contributed by atoms with van der Waals surface area (Å²) in [7, 11) is 0. The van der Waals surface area contributed by atoms with E-state index in [1.165, 1.54) is 4.88 Å². The van der Waals surface area contributed by atoms with Crippen molar-refractivity contribution in [3.63, 3.8) is 0 Å². The number of pyridine rings is 1. The van der Waals surface area contributed by atoms with Gasteiger partial charge in [0.25, 0.3) is 5.91 Å². The first-order valence-electron chi connectivity index (χ1n) is 5.55. The highest BCUT2D eigenvalue weighted by atomic mass is 79.9. The maximum absolute atomic E-state index is 12.0. The monoisotopic (exact) mass is 324 g/mol. The summed E-state index contributed by atoms with van der Waals surface area (Å²) in [6.07, 6.45) is 1.62. The fraction of sp³-hybridized carbons (Fsp3) is 0.231. The minimum absolute atomic E-state index is 0.00152. The molecule has 2 aromatic rings. The van der Waals surface area contributed by atoms with Crippen LogP contribution >= 0.6 is 27.3 Å². The molecule has 3 nitrogen and oxygen atoms in total. The molecule has 1 atom stereocenters. The summed E-state index contributed by atoms with van der Waals surface area (Å²) in [5.41, 5.74) is 0.429. The zero-order valence-electron chi connectivity index (χ0n) is 10.1. The Morgan fingerprint density at radius 1 is 1.39 bits per heavy atom. The molecule has 94 valence electrons. The summed E-state index contributed by atoms with van der Waals surface area (Å²) < 4.78 is 0.862. The van der Waals surface area contributed by atoms with E-state index in [-0.39, 0.29) is 11.9 Å². The first-order chi connectivity index (χ1) is 8.56. The predicted molar refractivity (Wildman–Crippen MR) is 76.9 cm³/mol. The Hall–Kier alpha value is -1.20. The van der Waals surface area contributed by atoms with Gasteiger partial charge in [-0.3, -0.25) is 4.79 Å². The van der Waals surface area contributed by atoms with E-state index >= 15 is 0 Å². The number of nitrogens with one attached hydrogen (secondary N) is 1. The molecule has 2 rings (SSSR count). The lowest BCUT2D eigenvalue weighted by atomic mass is 10.2. The Kier molecular flexibility index (Phi) is 4.14. The van der Waals surface area contributed by atoms with Crippen molar-refractivity contribution in [2.45, 2.75) is 19.9 Å². The van der Waals surface area contributed by atoms with Crippen LogP contribution < -0.4 is 5.32 Å². The maximum Gasteiger partial charge on any atom is 0.270 e. The van der Waals surface area contributed by atoms with Crippen LogP contribution in [-0.2, 0) is 0 Å². The van der Waals surface area contributed by atoms with Crippen molar-refractivity contribution in [3.8, 4) is 0 Å². The van der Waals surface area contributed by atoms with E-state index in [2.05, 4.69) is 39.2 Å². The number of aromatic nitrogens is 1. The number of amides is 1. The van der Waals surface area contributed by atoms with E-state index in [0.29, 0.717) is 5.69 Å². The van der Waals surface area contributed by atoms with Crippen molar-refractivity contribution in [2.75, 3.05) is 0 Å². The zero-order chi connectivity index (χ0) is 13.1. The van der Waals surface area contributed by atoms with Crippen molar-refractivity contribution in [3.05, 3.63) is 50.4 Å². The molecule has 0 saturated carbocycles. The fourth-order valence-corrected chi connectivity index (χ4v) is 2.65. The van der Waals surface area contributed by atoms with Crippen molar-refractivity contribution < 1.29 is 4.79 Å². The summed E-state index contributed by atoms with van der Waals surface area (Å²) in [4.78, 5) is 18.4. The topological polar surface area (TPSA) is 42.0 Å². The van der Waals surface area contributed by atoms with E-state index in [9.17, 15) is 4.79 Å². The molecule has 18 heavy (non-hydrogen) atoms. The number of thiophene rings is 1. The van der Waals surface area contributed by atoms with Gasteiger partial charge < -0.3 is 5.32 Å². The number of hydrogen-bond donors (Lipinski definition) is 1. The average molecular weight is 325 g/mol. The number of halogens is 1. The van der Waals surface area contributed by atoms with Crippen molar-refractivity contribution in [1.82, 2.24) is 10.3 Å². The van der Waals surface area contributed by atoms with E-state index in [4.69, 9.17) is 0 Å². The molecule has 0 radical (unpaired) electrons. The average Bonchev–Trinajstić information content (AvgIpc) is 2.76. The Balaban J connectivity index is 2.05. The van der Waals surface area contributed by atoms with Gasteiger partial charge in [0.05, 0.1) is 6.04 Å². The summed E-state index contributed by atoms with van der Waals surface area (Å²) in [5.74, 6) is -0.152. The van der Waals surface area contributed by atoms with Gasteiger partial charge in [0.1, 0.15) is 5.69 Å². The molecule has 2 heterocycles. The van der Waals surface area contributed by atoms with Gasteiger partial charge in [-0.25, -0.2) is 4.98 Å². The number of hydrogen-bond acceptors (Lipinski definition) is 3. The van der Waals surface area contributed by atoms with Gasteiger partial charge in [0.15, 0.2) is 0 Å².